The fourth-order valence-corrected chi connectivity index (χ4v) is 3.27. The van der Waals surface area contributed by atoms with Crippen molar-refractivity contribution in [2.24, 2.45) is 10.9 Å². The number of fused-ring (bicyclic) bond motifs is 1. The van der Waals surface area contributed by atoms with Gasteiger partial charge < -0.3 is 15.8 Å². The van der Waals surface area contributed by atoms with Crippen molar-refractivity contribution < 1.29 is 5.21 Å². The zero-order valence-corrected chi connectivity index (χ0v) is 13.2. The quantitative estimate of drug-likeness (QED) is 0.378. The van der Waals surface area contributed by atoms with Crippen LogP contribution in [-0.2, 0) is 6.42 Å². The predicted octanol–water partition coefficient (Wildman–Crippen LogP) is 3.63. The fourth-order valence-electron chi connectivity index (χ4n) is 2.91. The molecule has 4 nitrogen and oxygen atoms in total. The summed E-state index contributed by atoms with van der Waals surface area (Å²) in [5.74, 6) is 0.114. The van der Waals surface area contributed by atoms with E-state index in [1.807, 2.05) is 24.3 Å². The maximum absolute atomic E-state index is 9.04. The van der Waals surface area contributed by atoms with Crippen LogP contribution in [0.2, 0.25) is 0 Å². The van der Waals surface area contributed by atoms with Crippen molar-refractivity contribution >= 4 is 33.1 Å². The molecule has 0 aromatic heterocycles. The molecule has 2 aromatic rings. The Balaban J connectivity index is 2.17. The molecule has 1 unspecified atom stereocenters. The molecule has 1 heterocycles. The molecule has 1 aliphatic heterocycles. The van der Waals surface area contributed by atoms with Gasteiger partial charge in [-0.25, -0.2) is 0 Å². The number of hydrogen-bond donors (Lipinski definition) is 2. The van der Waals surface area contributed by atoms with Crippen LogP contribution in [0.15, 0.2) is 52.1 Å². The van der Waals surface area contributed by atoms with Crippen molar-refractivity contribution in [1.82, 2.24) is 0 Å². The molecular weight excluding hydrogens is 330 g/mol. The minimum Gasteiger partial charge on any atom is -0.409 e. The Morgan fingerprint density at radius 2 is 2.05 bits per heavy atom. The van der Waals surface area contributed by atoms with Crippen molar-refractivity contribution in [1.29, 1.82) is 0 Å². The van der Waals surface area contributed by atoms with Gasteiger partial charge in [0.2, 0.25) is 0 Å². The molecule has 0 saturated carbocycles. The molecule has 2 aromatic carbocycles. The van der Waals surface area contributed by atoms with Gasteiger partial charge in [0.15, 0.2) is 5.84 Å². The number of para-hydroxylation sites is 1. The van der Waals surface area contributed by atoms with E-state index >= 15 is 0 Å². The molecule has 0 radical (unpaired) electrons. The molecule has 3 rings (SSSR count). The summed E-state index contributed by atoms with van der Waals surface area (Å²) in [4.78, 5) is 2.25. The van der Waals surface area contributed by atoms with E-state index in [-0.39, 0.29) is 5.84 Å². The van der Waals surface area contributed by atoms with Crippen LogP contribution in [0.4, 0.5) is 11.4 Å². The Morgan fingerprint density at radius 1 is 1.29 bits per heavy atom. The number of hydrogen-bond acceptors (Lipinski definition) is 3. The molecule has 0 saturated heterocycles. The van der Waals surface area contributed by atoms with E-state index in [1.165, 1.54) is 11.3 Å². The maximum Gasteiger partial charge on any atom is 0.172 e. The third kappa shape index (κ3) is 2.38. The van der Waals surface area contributed by atoms with Gasteiger partial charge in [0.1, 0.15) is 0 Å². The highest BCUT2D eigenvalue weighted by atomic mass is 79.9. The molecule has 0 bridgehead atoms. The average molecular weight is 346 g/mol. The highest BCUT2D eigenvalue weighted by molar-refractivity contribution is 9.10. The standard InChI is InChI=1S/C16H16BrN3O/c1-10-8-11-4-2-3-5-14(11)20(10)15-7-6-12(17)9-13(15)16(18)19-21/h2-7,9-10,21H,8H2,1H3,(H2,18,19). The minimum atomic E-state index is 0.114. The normalized spacial score (nSPS) is 17.9. The van der Waals surface area contributed by atoms with Gasteiger partial charge >= 0.3 is 0 Å². The number of oxime groups is 1. The summed E-state index contributed by atoms with van der Waals surface area (Å²) in [6.07, 6.45) is 0.988. The van der Waals surface area contributed by atoms with Crippen LogP contribution in [0, 0.1) is 0 Å². The monoisotopic (exact) mass is 345 g/mol. The van der Waals surface area contributed by atoms with Crippen LogP contribution in [0.5, 0.6) is 0 Å². The third-order valence-corrected chi connectivity index (χ3v) is 4.30. The van der Waals surface area contributed by atoms with Crippen LogP contribution < -0.4 is 10.6 Å². The number of amidine groups is 1. The first-order valence-electron chi connectivity index (χ1n) is 6.76. The van der Waals surface area contributed by atoms with Gasteiger partial charge in [-0.2, -0.15) is 0 Å². The molecule has 0 aliphatic carbocycles. The summed E-state index contributed by atoms with van der Waals surface area (Å²) < 4.78 is 0.896. The van der Waals surface area contributed by atoms with Gasteiger partial charge in [-0.05, 0) is 43.2 Å². The SMILES string of the molecule is CC1Cc2ccccc2N1c1ccc(Br)cc1/C(N)=N/O. The second kappa shape index (κ2) is 5.41. The van der Waals surface area contributed by atoms with E-state index in [0.29, 0.717) is 6.04 Å². The number of anilines is 2. The van der Waals surface area contributed by atoms with E-state index in [4.69, 9.17) is 10.9 Å². The van der Waals surface area contributed by atoms with Crippen LogP contribution in [0.25, 0.3) is 0 Å². The third-order valence-electron chi connectivity index (χ3n) is 3.81. The van der Waals surface area contributed by atoms with E-state index < -0.39 is 0 Å². The summed E-state index contributed by atoms with van der Waals surface area (Å²) in [5, 5.41) is 12.2. The molecule has 21 heavy (non-hydrogen) atoms. The maximum atomic E-state index is 9.04. The molecule has 1 atom stereocenters. The van der Waals surface area contributed by atoms with Gasteiger partial charge in [-0.3, -0.25) is 0 Å². The summed E-state index contributed by atoms with van der Waals surface area (Å²) >= 11 is 3.44. The average Bonchev–Trinajstić information content (AvgIpc) is 2.82. The lowest BCUT2D eigenvalue weighted by atomic mass is 10.1. The zero-order valence-electron chi connectivity index (χ0n) is 11.6. The van der Waals surface area contributed by atoms with Crippen molar-refractivity contribution in [3.63, 3.8) is 0 Å². The Hall–Kier alpha value is -2.01. The minimum absolute atomic E-state index is 0.114. The second-order valence-electron chi connectivity index (χ2n) is 5.20. The van der Waals surface area contributed by atoms with Crippen LogP contribution in [-0.4, -0.2) is 17.1 Å². The number of halogens is 1. The first-order valence-corrected chi connectivity index (χ1v) is 7.55. The molecule has 3 N–H and O–H groups in total. The lowest BCUT2D eigenvalue weighted by Crippen LogP contribution is -2.27. The molecule has 0 amide bonds. The fraction of sp³-hybridized carbons (Fsp3) is 0.188. The van der Waals surface area contributed by atoms with Crippen LogP contribution in [0.1, 0.15) is 18.1 Å². The lowest BCUT2D eigenvalue weighted by molar-refractivity contribution is 0.318. The van der Waals surface area contributed by atoms with Gasteiger partial charge in [-0.15, -0.1) is 0 Å². The highest BCUT2D eigenvalue weighted by Crippen LogP contribution is 2.40. The first kappa shape index (κ1) is 13.9. The van der Waals surface area contributed by atoms with Crippen molar-refractivity contribution in [3.8, 4) is 0 Å². The smallest absolute Gasteiger partial charge is 0.172 e. The molecule has 1 aliphatic rings. The number of rotatable bonds is 2. The number of benzene rings is 2. The van der Waals surface area contributed by atoms with E-state index in [9.17, 15) is 0 Å². The van der Waals surface area contributed by atoms with Crippen molar-refractivity contribution in [2.75, 3.05) is 4.90 Å². The second-order valence-corrected chi connectivity index (χ2v) is 6.11. The van der Waals surface area contributed by atoms with Gasteiger partial charge in [0.25, 0.3) is 0 Å². The highest BCUT2D eigenvalue weighted by Gasteiger charge is 2.28. The van der Waals surface area contributed by atoms with E-state index in [1.54, 1.807) is 0 Å². The lowest BCUT2D eigenvalue weighted by Gasteiger charge is -2.27. The van der Waals surface area contributed by atoms with E-state index in [0.717, 1.165) is 22.1 Å². The van der Waals surface area contributed by atoms with Crippen LogP contribution >= 0.6 is 15.9 Å². The Labute approximate surface area is 132 Å². The summed E-state index contributed by atoms with van der Waals surface area (Å²) in [5.41, 5.74) is 10.0. The van der Waals surface area contributed by atoms with Gasteiger partial charge in [0, 0.05) is 21.8 Å². The summed E-state index contributed by atoms with van der Waals surface area (Å²) in [6.45, 7) is 2.18. The van der Waals surface area contributed by atoms with Crippen molar-refractivity contribution in [2.45, 2.75) is 19.4 Å². The molecule has 5 heteroatoms. The Kier molecular flexibility index (Phi) is 3.59. The van der Waals surface area contributed by atoms with Crippen molar-refractivity contribution in [3.05, 3.63) is 58.1 Å². The Bertz CT molecular complexity index is 714. The molecule has 0 spiro atoms. The number of nitrogens with two attached hydrogens (primary N) is 1. The summed E-state index contributed by atoms with van der Waals surface area (Å²) in [6, 6.07) is 14.5. The summed E-state index contributed by atoms with van der Waals surface area (Å²) in [7, 11) is 0. The Morgan fingerprint density at radius 3 is 2.81 bits per heavy atom. The molecular formula is C16H16BrN3O. The topological polar surface area (TPSA) is 61.8 Å². The molecule has 108 valence electrons. The van der Waals surface area contributed by atoms with E-state index in [2.05, 4.69) is 51.1 Å². The van der Waals surface area contributed by atoms with Gasteiger partial charge in [-0.1, -0.05) is 39.3 Å². The predicted molar refractivity (Wildman–Crippen MR) is 88.4 cm³/mol. The first-order chi connectivity index (χ1) is 10.1. The number of nitrogens with zero attached hydrogens (tertiary/aromatic N) is 2. The zero-order chi connectivity index (χ0) is 15.0. The molecule has 0 fully saturated rings. The van der Waals surface area contributed by atoms with Crippen LogP contribution in [0.3, 0.4) is 0 Å². The largest absolute Gasteiger partial charge is 0.409 e. The van der Waals surface area contributed by atoms with Gasteiger partial charge in [0.05, 0.1) is 5.69 Å².